The molecule has 0 saturated carbocycles. The number of fused-ring (bicyclic) bond motifs is 2. The predicted octanol–water partition coefficient (Wildman–Crippen LogP) is 2.49. The number of benzene rings is 1. The molecule has 5 rings (SSSR count). The molecular weight excluding hydrogens is 386 g/mol. The zero-order valence-electron chi connectivity index (χ0n) is 17.0. The van der Waals surface area contributed by atoms with Gasteiger partial charge >= 0.3 is 6.03 Å². The molecule has 2 aromatic rings. The van der Waals surface area contributed by atoms with E-state index in [1.54, 1.807) is 4.90 Å². The maximum absolute atomic E-state index is 13.0. The topological polar surface area (TPSA) is 81.1 Å². The van der Waals surface area contributed by atoms with Crippen molar-refractivity contribution < 1.29 is 23.9 Å². The Balaban J connectivity index is 1.35. The number of nitrogens with zero attached hydrogens (tertiary/aromatic N) is 3. The number of ketones is 1. The monoisotopic (exact) mass is 409 g/mol. The number of aromatic nitrogens is 1. The van der Waals surface area contributed by atoms with Crippen LogP contribution in [0.15, 0.2) is 24.3 Å². The largest absolute Gasteiger partial charge is 0.454 e. The van der Waals surface area contributed by atoms with Gasteiger partial charge in [0.15, 0.2) is 17.3 Å². The van der Waals surface area contributed by atoms with Gasteiger partial charge in [-0.15, -0.1) is 0 Å². The van der Waals surface area contributed by atoms with E-state index in [2.05, 4.69) is 4.57 Å². The van der Waals surface area contributed by atoms with Crippen molar-refractivity contribution >= 4 is 17.7 Å². The minimum Gasteiger partial charge on any atom is -0.454 e. The van der Waals surface area contributed by atoms with E-state index >= 15 is 0 Å². The van der Waals surface area contributed by atoms with Crippen LogP contribution in [0.2, 0.25) is 0 Å². The summed E-state index contributed by atoms with van der Waals surface area (Å²) in [6, 6.07) is 6.90. The highest BCUT2D eigenvalue weighted by molar-refractivity contribution is 6.09. The molecule has 1 aromatic heterocycles. The maximum atomic E-state index is 13.0. The third-order valence-corrected chi connectivity index (χ3v) is 6.23. The van der Waals surface area contributed by atoms with Gasteiger partial charge in [-0.05, 0) is 50.5 Å². The molecule has 0 spiro atoms. The number of carbonyl (C=O) groups excluding carboxylic acids is 3. The summed E-state index contributed by atoms with van der Waals surface area (Å²) < 4.78 is 12.9. The first-order chi connectivity index (χ1) is 14.4. The van der Waals surface area contributed by atoms with Crippen molar-refractivity contribution in [2.45, 2.75) is 39.3 Å². The van der Waals surface area contributed by atoms with Crippen molar-refractivity contribution in [2.24, 2.45) is 0 Å². The lowest BCUT2D eigenvalue weighted by Crippen LogP contribution is -2.37. The molecule has 0 unspecified atom stereocenters. The fraction of sp³-hybridized carbons (Fsp3) is 0.409. The van der Waals surface area contributed by atoms with Crippen LogP contribution in [0.1, 0.15) is 40.2 Å². The molecular formula is C22H23N3O5. The van der Waals surface area contributed by atoms with Crippen LogP contribution in [0.3, 0.4) is 0 Å². The van der Waals surface area contributed by atoms with Crippen LogP contribution in [0.5, 0.6) is 11.5 Å². The molecule has 2 saturated heterocycles. The standard InChI is InChI=1S/C22H23N3O5/c1-13-8-16(18(26)11-25-21(27)17-4-3-7-23(17)22(25)28)14(2)24(13)10-15-5-6-19-20(9-15)30-12-29-19/h5-6,8-9,17H,3-4,7,10-12H2,1-2H3/t17-/m0/s1. The third kappa shape index (κ3) is 2.86. The Morgan fingerprint density at radius 3 is 2.73 bits per heavy atom. The molecule has 1 aromatic carbocycles. The average molecular weight is 409 g/mol. The van der Waals surface area contributed by atoms with Crippen molar-refractivity contribution in [3.63, 3.8) is 0 Å². The highest BCUT2D eigenvalue weighted by Crippen LogP contribution is 2.33. The summed E-state index contributed by atoms with van der Waals surface area (Å²) in [6.45, 7) is 5.02. The number of Topliss-reactive ketones (excluding diaryl/α,β-unsaturated/α-hetero) is 1. The molecule has 4 heterocycles. The van der Waals surface area contributed by atoms with Crippen molar-refractivity contribution in [1.29, 1.82) is 0 Å². The molecule has 0 radical (unpaired) electrons. The van der Waals surface area contributed by atoms with Gasteiger partial charge < -0.3 is 18.9 Å². The molecule has 156 valence electrons. The van der Waals surface area contributed by atoms with Gasteiger partial charge in [-0.2, -0.15) is 0 Å². The van der Waals surface area contributed by atoms with Crippen LogP contribution < -0.4 is 9.47 Å². The second-order valence-corrected chi connectivity index (χ2v) is 8.04. The van der Waals surface area contributed by atoms with Gasteiger partial charge in [-0.1, -0.05) is 6.07 Å². The van der Waals surface area contributed by atoms with Crippen LogP contribution in [0.4, 0.5) is 4.79 Å². The van der Waals surface area contributed by atoms with E-state index in [-0.39, 0.29) is 37.1 Å². The van der Waals surface area contributed by atoms with Gasteiger partial charge in [0.05, 0.1) is 6.54 Å². The van der Waals surface area contributed by atoms with Crippen LogP contribution in [0.25, 0.3) is 0 Å². The van der Waals surface area contributed by atoms with E-state index in [1.807, 2.05) is 38.1 Å². The minimum atomic E-state index is -0.385. The number of ether oxygens (including phenoxy) is 2. The van der Waals surface area contributed by atoms with Crippen molar-refractivity contribution in [3.8, 4) is 11.5 Å². The number of imide groups is 1. The summed E-state index contributed by atoms with van der Waals surface area (Å²) in [7, 11) is 0. The summed E-state index contributed by atoms with van der Waals surface area (Å²) >= 11 is 0. The first kappa shape index (κ1) is 18.7. The number of rotatable bonds is 5. The summed E-state index contributed by atoms with van der Waals surface area (Å²) in [5, 5.41) is 0. The molecule has 0 aliphatic carbocycles. The van der Waals surface area contributed by atoms with Crippen molar-refractivity contribution in [3.05, 3.63) is 46.8 Å². The molecule has 3 amide bonds. The lowest BCUT2D eigenvalue weighted by atomic mass is 10.1. The smallest absolute Gasteiger partial charge is 0.327 e. The highest BCUT2D eigenvalue weighted by atomic mass is 16.7. The van der Waals surface area contributed by atoms with Gasteiger partial charge in [0.2, 0.25) is 6.79 Å². The number of amides is 3. The molecule has 1 atom stereocenters. The average Bonchev–Trinajstić information content (AvgIpc) is 3.48. The van der Waals surface area contributed by atoms with E-state index in [1.165, 1.54) is 0 Å². The summed E-state index contributed by atoms with van der Waals surface area (Å²) in [4.78, 5) is 40.7. The van der Waals surface area contributed by atoms with Gasteiger partial charge in [0.25, 0.3) is 5.91 Å². The number of hydrogen-bond donors (Lipinski definition) is 0. The molecule has 8 nitrogen and oxygen atoms in total. The van der Waals surface area contributed by atoms with Crippen LogP contribution in [-0.2, 0) is 11.3 Å². The van der Waals surface area contributed by atoms with Crippen molar-refractivity contribution in [1.82, 2.24) is 14.4 Å². The Hall–Kier alpha value is -3.29. The fourth-order valence-corrected chi connectivity index (χ4v) is 4.60. The quantitative estimate of drug-likeness (QED) is 0.560. The van der Waals surface area contributed by atoms with E-state index in [0.717, 1.165) is 39.8 Å². The van der Waals surface area contributed by atoms with Crippen LogP contribution in [0, 0.1) is 13.8 Å². The Labute approximate surface area is 174 Å². The van der Waals surface area contributed by atoms with Gasteiger partial charge in [-0.25, -0.2) is 4.79 Å². The Bertz CT molecular complexity index is 1050. The normalized spacial score (nSPS) is 19.7. The summed E-state index contributed by atoms with van der Waals surface area (Å²) in [5.41, 5.74) is 3.33. The first-order valence-corrected chi connectivity index (χ1v) is 10.1. The van der Waals surface area contributed by atoms with E-state index in [9.17, 15) is 14.4 Å². The minimum absolute atomic E-state index is 0.209. The van der Waals surface area contributed by atoms with Gasteiger partial charge in [0.1, 0.15) is 6.04 Å². The second-order valence-electron chi connectivity index (χ2n) is 8.04. The van der Waals surface area contributed by atoms with E-state index in [0.29, 0.717) is 25.1 Å². The Kier molecular flexibility index (Phi) is 4.30. The van der Waals surface area contributed by atoms with Gasteiger partial charge in [0, 0.05) is 30.0 Å². The molecule has 3 aliphatic rings. The summed E-state index contributed by atoms with van der Waals surface area (Å²) in [5.74, 6) is 0.983. The SMILES string of the molecule is Cc1cc(C(=O)CN2C(=O)[C@@H]3CCCN3C2=O)c(C)n1Cc1ccc2c(c1)OCO2. The Morgan fingerprint density at radius 1 is 1.13 bits per heavy atom. The lowest BCUT2D eigenvalue weighted by Gasteiger charge is -2.15. The van der Waals surface area contributed by atoms with Crippen molar-refractivity contribution in [2.75, 3.05) is 19.9 Å². The molecule has 0 bridgehead atoms. The molecule has 0 N–H and O–H groups in total. The van der Waals surface area contributed by atoms with E-state index in [4.69, 9.17) is 9.47 Å². The summed E-state index contributed by atoms with van der Waals surface area (Å²) in [6.07, 6.45) is 1.52. The zero-order valence-corrected chi connectivity index (χ0v) is 17.0. The Morgan fingerprint density at radius 2 is 1.93 bits per heavy atom. The number of carbonyl (C=O) groups is 3. The number of aryl methyl sites for hydroxylation is 1. The second kappa shape index (κ2) is 6.90. The third-order valence-electron chi connectivity index (χ3n) is 6.23. The van der Waals surface area contributed by atoms with E-state index < -0.39 is 0 Å². The fourth-order valence-electron chi connectivity index (χ4n) is 4.60. The number of hydrogen-bond acceptors (Lipinski definition) is 5. The molecule has 30 heavy (non-hydrogen) atoms. The molecule has 3 aliphatic heterocycles. The molecule has 2 fully saturated rings. The zero-order chi connectivity index (χ0) is 21.0. The van der Waals surface area contributed by atoms with Crippen LogP contribution in [-0.4, -0.2) is 58.0 Å². The highest BCUT2D eigenvalue weighted by Gasteiger charge is 2.47. The first-order valence-electron chi connectivity index (χ1n) is 10.1. The van der Waals surface area contributed by atoms with Gasteiger partial charge in [-0.3, -0.25) is 14.5 Å². The maximum Gasteiger partial charge on any atom is 0.327 e. The molecule has 8 heteroatoms. The lowest BCUT2D eigenvalue weighted by molar-refractivity contribution is -0.127. The predicted molar refractivity (Wildman–Crippen MR) is 107 cm³/mol. The number of urea groups is 1. The van der Waals surface area contributed by atoms with Crippen LogP contribution >= 0.6 is 0 Å².